The summed E-state index contributed by atoms with van der Waals surface area (Å²) < 4.78 is 6.13. The standard InChI is InChI=1S/C29H44N2O/c1-3-5-7-8-10-11-24-13-15-25(16-14-24)23-32-28-19-17-27(18-20-28)29-30-21-26(22-31-29)12-9-6-4-2/h17-22,24-25H,3-16,23H2,1-2H3/t24-,25-. The first-order chi connectivity index (χ1) is 15.8. The quantitative estimate of drug-likeness (QED) is 0.279. The highest BCUT2D eigenvalue weighted by atomic mass is 16.5. The molecule has 0 atom stereocenters. The van der Waals surface area contributed by atoms with E-state index in [-0.39, 0.29) is 0 Å². The molecule has 3 rings (SSSR count). The molecule has 3 nitrogen and oxygen atoms in total. The third kappa shape index (κ3) is 8.56. The summed E-state index contributed by atoms with van der Waals surface area (Å²) in [6.45, 7) is 5.38. The fourth-order valence-corrected chi connectivity index (χ4v) is 4.85. The molecule has 0 radical (unpaired) electrons. The van der Waals surface area contributed by atoms with E-state index in [4.69, 9.17) is 4.74 Å². The fourth-order valence-electron chi connectivity index (χ4n) is 4.85. The van der Waals surface area contributed by atoms with Crippen LogP contribution < -0.4 is 4.74 Å². The van der Waals surface area contributed by atoms with Gasteiger partial charge in [-0.15, -0.1) is 0 Å². The number of rotatable bonds is 14. The van der Waals surface area contributed by atoms with Crippen molar-refractivity contribution in [3.63, 3.8) is 0 Å². The summed E-state index contributed by atoms with van der Waals surface area (Å²) in [6, 6.07) is 8.29. The van der Waals surface area contributed by atoms with Gasteiger partial charge in [0.15, 0.2) is 5.82 Å². The highest BCUT2D eigenvalue weighted by molar-refractivity contribution is 5.55. The number of aromatic nitrogens is 2. The molecule has 1 aromatic carbocycles. The van der Waals surface area contributed by atoms with Crippen LogP contribution in [-0.2, 0) is 6.42 Å². The molecule has 0 N–H and O–H groups in total. The molecular formula is C29H44N2O. The number of nitrogens with zero attached hydrogens (tertiary/aromatic N) is 2. The van der Waals surface area contributed by atoms with Gasteiger partial charge in [-0.1, -0.05) is 78.1 Å². The Kier molecular flexibility index (Phi) is 11.0. The second-order valence-corrected chi connectivity index (χ2v) is 9.80. The summed E-state index contributed by atoms with van der Waals surface area (Å²) in [6.07, 6.45) is 22.7. The normalized spacial score (nSPS) is 18.6. The lowest BCUT2D eigenvalue weighted by molar-refractivity contribution is 0.177. The van der Waals surface area contributed by atoms with Crippen molar-refractivity contribution < 1.29 is 4.74 Å². The van der Waals surface area contributed by atoms with Crippen LogP contribution in [0.1, 0.15) is 103 Å². The lowest BCUT2D eigenvalue weighted by Gasteiger charge is -2.28. The van der Waals surface area contributed by atoms with Crippen LogP contribution in [0.2, 0.25) is 0 Å². The fraction of sp³-hybridized carbons (Fsp3) is 0.655. The Labute approximate surface area is 196 Å². The monoisotopic (exact) mass is 436 g/mol. The molecule has 1 heterocycles. The van der Waals surface area contributed by atoms with Crippen LogP contribution in [-0.4, -0.2) is 16.6 Å². The van der Waals surface area contributed by atoms with Crippen LogP contribution in [0.25, 0.3) is 11.4 Å². The maximum absolute atomic E-state index is 6.13. The first-order valence-electron chi connectivity index (χ1n) is 13.3. The van der Waals surface area contributed by atoms with Gasteiger partial charge in [0, 0.05) is 18.0 Å². The van der Waals surface area contributed by atoms with E-state index in [1.807, 2.05) is 12.4 Å². The Morgan fingerprint density at radius 3 is 2.06 bits per heavy atom. The molecule has 1 saturated carbocycles. The average Bonchev–Trinajstić information content (AvgIpc) is 2.84. The molecule has 0 unspecified atom stereocenters. The molecular weight excluding hydrogens is 392 g/mol. The van der Waals surface area contributed by atoms with E-state index in [1.54, 1.807) is 0 Å². The Bertz CT molecular complexity index is 733. The van der Waals surface area contributed by atoms with Crippen molar-refractivity contribution in [1.29, 1.82) is 0 Å². The second-order valence-electron chi connectivity index (χ2n) is 9.80. The minimum absolute atomic E-state index is 0.717. The molecule has 3 heteroatoms. The third-order valence-electron chi connectivity index (χ3n) is 7.05. The van der Waals surface area contributed by atoms with Crippen LogP contribution >= 0.6 is 0 Å². The minimum atomic E-state index is 0.717. The number of hydrogen-bond acceptors (Lipinski definition) is 3. The van der Waals surface area contributed by atoms with Gasteiger partial charge in [-0.05, 0) is 67.3 Å². The summed E-state index contributed by atoms with van der Waals surface area (Å²) in [5, 5.41) is 0. The van der Waals surface area contributed by atoms with Crippen molar-refractivity contribution in [2.24, 2.45) is 11.8 Å². The van der Waals surface area contributed by atoms with Crippen molar-refractivity contribution in [2.45, 2.75) is 104 Å². The Balaban J connectivity index is 1.35. The molecule has 176 valence electrons. The van der Waals surface area contributed by atoms with Crippen molar-refractivity contribution >= 4 is 0 Å². The van der Waals surface area contributed by atoms with Gasteiger partial charge in [0.2, 0.25) is 0 Å². The molecule has 1 aliphatic rings. The van der Waals surface area contributed by atoms with Crippen molar-refractivity contribution in [3.05, 3.63) is 42.2 Å². The molecule has 0 spiro atoms. The van der Waals surface area contributed by atoms with Crippen molar-refractivity contribution in [1.82, 2.24) is 9.97 Å². The van der Waals surface area contributed by atoms with E-state index in [2.05, 4.69) is 48.1 Å². The molecule has 32 heavy (non-hydrogen) atoms. The predicted octanol–water partition coefficient (Wildman–Crippen LogP) is 8.42. The van der Waals surface area contributed by atoms with Crippen LogP contribution in [0, 0.1) is 11.8 Å². The van der Waals surface area contributed by atoms with E-state index < -0.39 is 0 Å². The van der Waals surface area contributed by atoms with Gasteiger partial charge in [-0.25, -0.2) is 9.97 Å². The smallest absolute Gasteiger partial charge is 0.159 e. The number of benzene rings is 1. The summed E-state index contributed by atoms with van der Waals surface area (Å²) in [7, 11) is 0. The topological polar surface area (TPSA) is 35.0 Å². The molecule has 1 fully saturated rings. The van der Waals surface area contributed by atoms with Crippen LogP contribution in [0.5, 0.6) is 5.75 Å². The van der Waals surface area contributed by atoms with E-state index in [0.717, 1.165) is 42.0 Å². The van der Waals surface area contributed by atoms with Gasteiger partial charge in [-0.2, -0.15) is 0 Å². The Hall–Kier alpha value is -1.90. The molecule has 0 amide bonds. The maximum atomic E-state index is 6.13. The minimum Gasteiger partial charge on any atom is -0.493 e. The van der Waals surface area contributed by atoms with Crippen LogP contribution in [0.15, 0.2) is 36.7 Å². The molecule has 0 saturated heterocycles. The molecule has 1 aliphatic carbocycles. The van der Waals surface area contributed by atoms with E-state index in [9.17, 15) is 0 Å². The summed E-state index contributed by atoms with van der Waals surface area (Å²) in [4.78, 5) is 9.14. The zero-order valence-electron chi connectivity index (χ0n) is 20.5. The van der Waals surface area contributed by atoms with Crippen LogP contribution in [0.4, 0.5) is 0 Å². The zero-order chi connectivity index (χ0) is 22.4. The van der Waals surface area contributed by atoms with Gasteiger partial charge < -0.3 is 4.74 Å². The lowest BCUT2D eigenvalue weighted by atomic mass is 9.80. The first-order valence-corrected chi connectivity index (χ1v) is 13.3. The van der Waals surface area contributed by atoms with E-state index in [1.165, 1.54) is 89.0 Å². The number of ether oxygens (including phenoxy) is 1. The SMILES string of the molecule is CCCCCCC[C@H]1CC[C@H](COc2ccc(-c3ncc(CCCCC)cn3)cc2)CC1. The summed E-state index contributed by atoms with van der Waals surface area (Å²) in [5.41, 5.74) is 2.28. The van der Waals surface area contributed by atoms with Gasteiger partial charge in [0.05, 0.1) is 6.61 Å². The largest absolute Gasteiger partial charge is 0.493 e. The van der Waals surface area contributed by atoms with Crippen molar-refractivity contribution in [2.75, 3.05) is 6.61 Å². The highest BCUT2D eigenvalue weighted by Crippen LogP contribution is 2.32. The van der Waals surface area contributed by atoms with Crippen molar-refractivity contribution in [3.8, 4) is 17.1 Å². The number of hydrogen-bond donors (Lipinski definition) is 0. The van der Waals surface area contributed by atoms with Gasteiger partial charge in [0.1, 0.15) is 5.75 Å². The van der Waals surface area contributed by atoms with Gasteiger partial charge in [-0.3, -0.25) is 0 Å². The maximum Gasteiger partial charge on any atom is 0.159 e. The molecule has 1 aromatic heterocycles. The van der Waals surface area contributed by atoms with E-state index >= 15 is 0 Å². The first kappa shape index (κ1) is 24.7. The molecule has 0 aliphatic heterocycles. The third-order valence-corrected chi connectivity index (χ3v) is 7.05. The second kappa shape index (κ2) is 14.3. The Morgan fingerprint density at radius 1 is 0.750 bits per heavy atom. The Morgan fingerprint density at radius 2 is 1.38 bits per heavy atom. The van der Waals surface area contributed by atoms with E-state index in [0.29, 0.717) is 0 Å². The average molecular weight is 437 g/mol. The molecule has 2 aromatic rings. The van der Waals surface area contributed by atoms with Crippen LogP contribution in [0.3, 0.4) is 0 Å². The summed E-state index contributed by atoms with van der Waals surface area (Å²) in [5.74, 6) is 3.44. The lowest BCUT2D eigenvalue weighted by Crippen LogP contribution is -2.20. The van der Waals surface area contributed by atoms with Gasteiger partial charge >= 0.3 is 0 Å². The number of aryl methyl sites for hydroxylation is 1. The highest BCUT2D eigenvalue weighted by Gasteiger charge is 2.21. The predicted molar refractivity (Wildman–Crippen MR) is 135 cm³/mol. The molecule has 0 bridgehead atoms. The number of unbranched alkanes of at least 4 members (excludes halogenated alkanes) is 6. The summed E-state index contributed by atoms with van der Waals surface area (Å²) >= 11 is 0. The van der Waals surface area contributed by atoms with Gasteiger partial charge in [0.25, 0.3) is 0 Å². The zero-order valence-corrected chi connectivity index (χ0v) is 20.5.